The van der Waals surface area contributed by atoms with Crippen LogP contribution < -0.4 is 5.32 Å². The van der Waals surface area contributed by atoms with Crippen LogP contribution in [-0.2, 0) is 5.41 Å². The predicted molar refractivity (Wildman–Crippen MR) is 78.8 cm³/mol. The highest BCUT2D eigenvalue weighted by Gasteiger charge is 2.40. The highest BCUT2D eigenvalue weighted by Crippen LogP contribution is 2.35. The number of hydrogen-bond acceptors (Lipinski definition) is 4. The van der Waals surface area contributed by atoms with E-state index in [2.05, 4.69) is 22.4 Å². The summed E-state index contributed by atoms with van der Waals surface area (Å²) in [6.45, 7) is 4.12. The zero-order valence-electron chi connectivity index (χ0n) is 11.5. The van der Waals surface area contributed by atoms with Gasteiger partial charge in [0.1, 0.15) is 0 Å². The number of hydrogen-bond donors (Lipinski definition) is 1. The number of aromatic nitrogens is 2. The Balaban J connectivity index is 1.91. The molecule has 0 amide bonds. The molecule has 5 heteroatoms. The maximum atomic E-state index is 5.90. The molecule has 1 aliphatic heterocycles. The van der Waals surface area contributed by atoms with Crippen molar-refractivity contribution in [3.8, 4) is 11.4 Å². The van der Waals surface area contributed by atoms with E-state index >= 15 is 0 Å². The van der Waals surface area contributed by atoms with Gasteiger partial charge in [-0.05, 0) is 43.7 Å². The van der Waals surface area contributed by atoms with Gasteiger partial charge in [0.2, 0.25) is 11.7 Å². The largest absolute Gasteiger partial charge is 0.338 e. The molecular weight excluding hydrogens is 274 g/mol. The molecule has 1 aromatic carbocycles. The third-order valence-corrected chi connectivity index (χ3v) is 4.21. The Morgan fingerprint density at radius 1 is 1.35 bits per heavy atom. The fourth-order valence-electron chi connectivity index (χ4n) is 2.88. The Labute approximate surface area is 123 Å². The Kier molecular flexibility index (Phi) is 3.76. The van der Waals surface area contributed by atoms with Gasteiger partial charge in [-0.25, -0.2) is 0 Å². The first kappa shape index (κ1) is 13.6. The zero-order valence-corrected chi connectivity index (χ0v) is 12.3. The lowest BCUT2D eigenvalue weighted by atomic mass is 9.82. The summed E-state index contributed by atoms with van der Waals surface area (Å²) in [7, 11) is 0. The van der Waals surface area contributed by atoms with Crippen molar-refractivity contribution in [2.24, 2.45) is 0 Å². The van der Waals surface area contributed by atoms with E-state index in [0.717, 1.165) is 43.8 Å². The standard InChI is InChI=1S/C15H18ClN3O/c1-2-7-15(8-9-17-10-15)14-18-13(19-20-14)11-3-5-12(16)6-4-11/h3-6,17H,2,7-10H2,1H3. The molecule has 4 nitrogen and oxygen atoms in total. The van der Waals surface area contributed by atoms with Crippen LogP contribution in [0.3, 0.4) is 0 Å². The van der Waals surface area contributed by atoms with Crippen molar-refractivity contribution in [3.05, 3.63) is 35.2 Å². The van der Waals surface area contributed by atoms with Crippen molar-refractivity contribution in [1.82, 2.24) is 15.5 Å². The molecule has 1 saturated heterocycles. The molecule has 1 aliphatic rings. The van der Waals surface area contributed by atoms with Gasteiger partial charge in [-0.15, -0.1) is 0 Å². The Morgan fingerprint density at radius 2 is 2.15 bits per heavy atom. The molecule has 0 radical (unpaired) electrons. The highest BCUT2D eigenvalue weighted by molar-refractivity contribution is 6.30. The van der Waals surface area contributed by atoms with Gasteiger partial charge in [0, 0.05) is 17.1 Å². The van der Waals surface area contributed by atoms with Gasteiger partial charge in [-0.1, -0.05) is 30.1 Å². The minimum Gasteiger partial charge on any atom is -0.338 e. The van der Waals surface area contributed by atoms with Gasteiger partial charge in [-0.2, -0.15) is 4.98 Å². The van der Waals surface area contributed by atoms with Gasteiger partial charge < -0.3 is 9.84 Å². The van der Waals surface area contributed by atoms with Crippen molar-refractivity contribution in [3.63, 3.8) is 0 Å². The molecule has 2 aromatic rings. The molecule has 20 heavy (non-hydrogen) atoms. The highest BCUT2D eigenvalue weighted by atomic mass is 35.5. The number of halogens is 1. The zero-order chi connectivity index (χ0) is 14.0. The maximum absolute atomic E-state index is 5.90. The van der Waals surface area contributed by atoms with Crippen LogP contribution in [0.15, 0.2) is 28.8 Å². The molecular formula is C15H18ClN3O. The second-order valence-electron chi connectivity index (χ2n) is 5.39. The summed E-state index contributed by atoms with van der Waals surface area (Å²) < 4.78 is 5.56. The summed E-state index contributed by atoms with van der Waals surface area (Å²) in [6, 6.07) is 7.50. The Hall–Kier alpha value is -1.39. The number of nitrogens with one attached hydrogen (secondary N) is 1. The Bertz CT molecular complexity index is 573. The maximum Gasteiger partial charge on any atom is 0.234 e. The fraction of sp³-hybridized carbons (Fsp3) is 0.467. The van der Waals surface area contributed by atoms with Crippen LogP contribution >= 0.6 is 11.6 Å². The van der Waals surface area contributed by atoms with Gasteiger partial charge in [0.25, 0.3) is 0 Å². The molecule has 0 bridgehead atoms. The van der Waals surface area contributed by atoms with Gasteiger partial charge in [-0.3, -0.25) is 0 Å². The molecule has 106 valence electrons. The molecule has 1 fully saturated rings. The van der Waals surface area contributed by atoms with E-state index in [1.165, 1.54) is 0 Å². The normalized spacial score (nSPS) is 22.3. The summed E-state index contributed by atoms with van der Waals surface area (Å²) in [5.41, 5.74) is 0.939. The van der Waals surface area contributed by atoms with E-state index in [9.17, 15) is 0 Å². The van der Waals surface area contributed by atoms with Crippen molar-refractivity contribution in [2.75, 3.05) is 13.1 Å². The molecule has 0 spiro atoms. The summed E-state index contributed by atoms with van der Waals surface area (Å²) in [4.78, 5) is 4.62. The fourth-order valence-corrected chi connectivity index (χ4v) is 3.01. The second kappa shape index (κ2) is 5.54. The van der Waals surface area contributed by atoms with Crippen molar-refractivity contribution < 1.29 is 4.52 Å². The molecule has 3 rings (SSSR count). The third-order valence-electron chi connectivity index (χ3n) is 3.95. The lowest BCUT2D eigenvalue weighted by Gasteiger charge is -2.22. The third kappa shape index (κ3) is 2.45. The lowest BCUT2D eigenvalue weighted by Crippen LogP contribution is -2.29. The summed E-state index contributed by atoms with van der Waals surface area (Å²) in [6.07, 6.45) is 3.24. The molecule has 1 N–H and O–H groups in total. The van der Waals surface area contributed by atoms with E-state index in [1.54, 1.807) is 0 Å². The number of rotatable bonds is 4. The monoisotopic (exact) mass is 291 g/mol. The van der Waals surface area contributed by atoms with Crippen LogP contribution in [0, 0.1) is 0 Å². The van der Waals surface area contributed by atoms with Crippen molar-refractivity contribution in [1.29, 1.82) is 0 Å². The predicted octanol–water partition coefficient (Wildman–Crippen LogP) is 3.42. The lowest BCUT2D eigenvalue weighted by molar-refractivity contribution is 0.277. The van der Waals surface area contributed by atoms with E-state index < -0.39 is 0 Å². The Morgan fingerprint density at radius 3 is 2.80 bits per heavy atom. The van der Waals surface area contributed by atoms with Gasteiger partial charge in [0.05, 0.1) is 5.41 Å². The van der Waals surface area contributed by atoms with Crippen LogP contribution in [0.4, 0.5) is 0 Å². The molecule has 0 saturated carbocycles. The van der Waals surface area contributed by atoms with Crippen molar-refractivity contribution in [2.45, 2.75) is 31.6 Å². The second-order valence-corrected chi connectivity index (χ2v) is 5.82. The summed E-state index contributed by atoms with van der Waals surface area (Å²) in [5, 5.41) is 8.25. The molecule has 0 aliphatic carbocycles. The first-order valence-electron chi connectivity index (χ1n) is 7.04. The minimum atomic E-state index is 0.00637. The van der Waals surface area contributed by atoms with Crippen LogP contribution in [-0.4, -0.2) is 23.2 Å². The van der Waals surface area contributed by atoms with Crippen LogP contribution in [0.1, 0.15) is 32.1 Å². The average molecular weight is 292 g/mol. The van der Waals surface area contributed by atoms with Crippen LogP contribution in [0.25, 0.3) is 11.4 Å². The van der Waals surface area contributed by atoms with Gasteiger partial charge >= 0.3 is 0 Å². The van der Waals surface area contributed by atoms with Crippen LogP contribution in [0.2, 0.25) is 5.02 Å². The van der Waals surface area contributed by atoms with Crippen molar-refractivity contribution >= 4 is 11.6 Å². The minimum absolute atomic E-state index is 0.00637. The first-order chi connectivity index (χ1) is 9.73. The van der Waals surface area contributed by atoms with E-state index in [-0.39, 0.29) is 5.41 Å². The summed E-state index contributed by atoms with van der Waals surface area (Å²) in [5.74, 6) is 1.40. The summed E-state index contributed by atoms with van der Waals surface area (Å²) >= 11 is 5.90. The topological polar surface area (TPSA) is 51.0 Å². The quantitative estimate of drug-likeness (QED) is 0.938. The average Bonchev–Trinajstić information content (AvgIpc) is 3.09. The number of nitrogens with zero attached hydrogens (tertiary/aromatic N) is 2. The van der Waals surface area contributed by atoms with E-state index in [0.29, 0.717) is 10.8 Å². The molecule has 1 aromatic heterocycles. The SMILES string of the molecule is CCCC1(c2nc(-c3ccc(Cl)cc3)no2)CCNC1. The first-order valence-corrected chi connectivity index (χ1v) is 7.42. The van der Waals surface area contributed by atoms with Crippen LogP contribution in [0.5, 0.6) is 0 Å². The van der Waals surface area contributed by atoms with Gasteiger partial charge in [0.15, 0.2) is 0 Å². The van der Waals surface area contributed by atoms with E-state index in [1.807, 2.05) is 24.3 Å². The molecule has 1 unspecified atom stereocenters. The molecule has 1 atom stereocenters. The number of benzene rings is 1. The molecule has 2 heterocycles. The smallest absolute Gasteiger partial charge is 0.234 e. The van der Waals surface area contributed by atoms with E-state index in [4.69, 9.17) is 16.1 Å².